The number of nitro benzene ring substituents is 1. The highest BCUT2D eigenvalue weighted by atomic mass is 16.6. The number of benzene rings is 3. The average molecular weight is 428 g/mol. The number of aromatic nitrogens is 3. The van der Waals surface area contributed by atoms with Gasteiger partial charge in [-0.05, 0) is 48.5 Å². The molecule has 0 aliphatic heterocycles. The molecule has 1 heterocycles. The number of carbonyl (C=O) groups excluding carboxylic acids is 1. The van der Waals surface area contributed by atoms with Crippen molar-refractivity contribution in [2.24, 2.45) is 0 Å². The quantitative estimate of drug-likeness (QED) is 0.229. The SMILES string of the molecule is O=Cc1ccc(Oc2nc(Nc3ccccc3)nc(Nc3ccc([N+](=O)[O-])cc3)n2)cc1. The van der Waals surface area contributed by atoms with Gasteiger partial charge in [-0.1, -0.05) is 18.2 Å². The summed E-state index contributed by atoms with van der Waals surface area (Å²) in [6.45, 7) is 0. The van der Waals surface area contributed by atoms with Crippen LogP contribution in [0.2, 0.25) is 0 Å². The molecule has 0 fully saturated rings. The summed E-state index contributed by atoms with van der Waals surface area (Å²) in [5, 5.41) is 16.9. The first-order valence-corrected chi connectivity index (χ1v) is 9.42. The van der Waals surface area contributed by atoms with E-state index in [1.54, 1.807) is 36.4 Å². The monoisotopic (exact) mass is 428 g/mol. The van der Waals surface area contributed by atoms with Crippen LogP contribution in [-0.2, 0) is 0 Å². The fourth-order valence-electron chi connectivity index (χ4n) is 2.68. The number of ether oxygens (including phenoxy) is 1. The summed E-state index contributed by atoms with van der Waals surface area (Å²) in [5.74, 6) is 0.843. The number of nitrogens with zero attached hydrogens (tertiary/aromatic N) is 4. The van der Waals surface area contributed by atoms with Gasteiger partial charge in [0.15, 0.2) is 0 Å². The standard InChI is InChI=1S/C22H16N6O4/c29-14-15-6-12-19(13-7-15)32-22-26-20(23-16-4-2-1-3-5-16)25-21(27-22)24-17-8-10-18(11-9-17)28(30)31/h1-14H,(H2,23,24,25,26,27). The molecule has 0 saturated heterocycles. The van der Waals surface area contributed by atoms with E-state index in [0.717, 1.165) is 12.0 Å². The minimum Gasteiger partial charge on any atom is -0.424 e. The second kappa shape index (κ2) is 9.30. The van der Waals surface area contributed by atoms with E-state index >= 15 is 0 Å². The van der Waals surface area contributed by atoms with Crippen LogP contribution in [0.4, 0.5) is 29.0 Å². The van der Waals surface area contributed by atoms with Crippen LogP contribution < -0.4 is 15.4 Å². The zero-order chi connectivity index (χ0) is 22.3. The van der Waals surface area contributed by atoms with E-state index in [1.165, 1.54) is 12.1 Å². The lowest BCUT2D eigenvalue weighted by Gasteiger charge is -2.11. The van der Waals surface area contributed by atoms with E-state index in [-0.39, 0.29) is 23.6 Å². The Bertz CT molecular complexity index is 1230. The largest absolute Gasteiger partial charge is 0.424 e. The molecule has 1 aromatic heterocycles. The van der Waals surface area contributed by atoms with Gasteiger partial charge in [0.25, 0.3) is 5.69 Å². The molecule has 10 nitrogen and oxygen atoms in total. The summed E-state index contributed by atoms with van der Waals surface area (Å²) in [6.07, 6.45) is 0.737. The number of hydrogen-bond acceptors (Lipinski definition) is 9. The number of nitrogens with one attached hydrogen (secondary N) is 2. The Balaban J connectivity index is 1.62. The highest BCUT2D eigenvalue weighted by Gasteiger charge is 2.11. The summed E-state index contributed by atoms with van der Waals surface area (Å²) in [4.78, 5) is 34.1. The van der Waals surface area contributed by atoms with Crippen LogP contribution in [0.3, 0.4) is 0 Å². The Labute approximate surface area is 182 Å². The van der Waals surface area contributed by atoms with Crippen molar-refractivity contribution in [1.29, 1.82) is 0 Å². The highest BCUT2D eigenvalue weighted by Crippen LogP contribution is 2.24. The summed E-state index contributed by atoms with van der Waals surface area (Å²) >= 11 is 0. The topological polar surface area (TPSA) is 132 Å². The number of non-ortho nitro benzene ring substituents is 1. The first-order valence-electron chi connectivity index (χ1n) is 9.42. The van der Waals surface area contributed by atoms with Gasteiger partial charge >= 0.3 is 6.01 Å². The molecule has 0 bridgehead atoms. The van der Waals surface area contributed by atoms with Crippen molar-refractivity contribution < 1.29 is 14.5 Å². The molecule has 4 aromatic rings. The molecule has 0 aliphatic rings. The molecule has 10 heteroatoms. The minimum atomic E-state index is -0.476. The Morgan fingerprint density at radius 1 is 0.781 bits per heavy atom. The van der Waals surface area contributed by atoms with Crippen LogP contribution in [0.1, 0.15) is 10.4 Å². The second-order valence-electron chi connectivity index (χ2n) is 6.47. The molecule has 0 aliphatic carbocycles. The fraction of sp³-hybridized carbons (Fsp3) is 0. The molecular formula is C22H16N6O4. The minimum absolute atomic E-state index is 0.0155. The molecule has 0 unspecified atom stereocenters. The van der Waals surface area contributed by atoms with Gasteiger partial charge in [0.1, 0.15) is 12.0 Å². The molecule has 0 spiro atoms. The number of anilines is 4. The Morgan fingerprint density at radius 2 is 1.38 bits per heavy atom. The van der Waals surface area contributed by atoms with Crippen molar-refractivity contribution in [2.75, 3.05) is 10.6 Å². The summed E-state index contributed by atoms with van der Waals surface area (Å²) in [7, 11) is 0. The molecule has 0 atom stereocenters. The van der Waals surface area contributed by atoms with Crippen LogP contribution in [0.25, 0.3) is 0 Å². The van der Waals surface area contributed by atoms with Gasteiger partial charge in [-0.2, -0.15) is 15.0 Å². The first kappa shape index (κ1) is 20.4. The normalized spacial score (nSPS) is 10.2. The van der Waals surface area contributed by atoms with Crippen molar-refractivity contribution >= 4 is 35.2 Å². The van der Waals surface area contributed by atoms with Gasteiger partial charge in [-0.3, -0.25) is 14.9 Å². The van der Waals surface area contributed by atoms with Gasteiger partial charge in [-0.25, -0.2) is 0 Å². The summed E-state index contributed by atoms with van der Waals surface area (Å²) in [6, 6.07) is 21.7. The van der Waals surface area contributed by atoms with Gasteiger partial charge in [0.2, 0.25) is 11.9 Å². The number of hydrogen-bond donors (Lipinski definition) is 2. The Morgan fingerprint density at radius 3 is 1.94 bits per heavy atom. The third-order valence-corrected chi connectivity index (χ3v) is 4.20. The Hall–Kier alpha value is -4.86. The van der Waals surface area contributed by atoms with E-state index in [4.69, 9.17) is 4.74 Å². The fourth-order valence-corrected chi connectivity index (χ4v) is 2.68. The molecule has 0 saturated carbocycles. The predicted molar refractivity (Wildman–Crippen MR) is 118 cm³/mol. The number of aldehydes is 1. The average Bonchev–Trinajstić information content (AvgIpc) is 2.80. The predicted octanol–water partition coefficient (Wildman–Crippen LogP) is 4.87. The van der Waals surface area contributed by atoms with E-state index in [9.17, 15) is 14.9 Å². The molecule has 32 heavy (non-hydrogen) atoms. The zero-order valence-electron chi connectivity index (χ0n) is 16.5. The van der Waals surface area contributed by atoms with Crippen molar-refractivity contribution in [2.45, 2.75) is 0 Å². The molecule has 0 amide bonds. The maximum absolute atomic E-state index is 10.9. The van der Waals surface area contributed by atoms with E-state index < -0.39 is 4.92 Å². The van der Waals surface area contributed by atoms with Crippen LogP contribution >= 0.6 is 0 Å². The van der Waals surface area contributed by atoms with Crippen molar-refractivity contribution in [3.8, 4) is 11.8 Å². The smallest absolute Gasteiger partial charge is 0.328 e. The summed E-state index contributed by atoms with van der Waals surface area (Å²) in [5.41, 5.74) is 1.80. The Kier molecular flexibility index (Phi) is 5.94. The zero-order valence-corrected chi connectivity index (χ0v) is 16.5. The highest BCUT2D eigenvalue weighted by molar-refractivity contribution is 5.74. The summed E-state index contributed by atoms with van der Waals surface area (Å²) < 4.78 is 5.74. The van der Waals surface area contributed by atoms with Crippen LogP contribution in [0.15, 0.2) is 78.9 Å². The second-order valence-corrected chi connectivity index (χ2v) is 6.47. The van der Waals surface area contributed by atoms with Crippen LogP contribution in [0.5, 0.6) is 11.8 Å². The van der Waals surface area contributed by atoms with Gasteiger partial charge in [0.05, 0.1) is 4.92 Å². The lowest BCUT2D eigenvalue weighted by Crippen LogP contribution is -2.05. The lowest BCUT2D eigenvalue weighted by molar-refractivity contribution is -0.384. The van der Waals surface area contributed by atoms with Gasteiger partial charge in [0, 0.05) is 29.1 Å². The number of nitro groups is 1. The van der Waals surface area contributed by atoms with Crippen molar-refractivity contribution in [3.05, 3.63) is 94.5 Å². The third kappa shape index (κ3) is 5.19. The van der Waals surface area contributed by atoms with Crippen molar-refractivity contribution in [1.82, 2.24) is 15.0 Å². The number of para-hydroxylation sites is 1. The first-order chi connectivity index (χ1) is 15.6. The van der Waals surface area contributed by atoms with E-state index in [0.29, 0.717) is 17.0 Å². The molecule has 0 radical (unpaired) electrons. The van der Waals surface area contributed by atoms with Gasteiger partial charge < -0.3 is 15.4 Å². The van der Waals surface area contributed by atoms with Gasteiger partial charge in [-0.15, -0.1) is 0 Å². The third-order valence-electron chi connectivity index (χ3n) is 4.20. The molecule has 158 valence electrons. The maximum Gasteiger partial charge on any atom is 0.328 e. The number of rotatable bonds is 8. The molecule has 3 aromatic carbocycles. The number of carbonyl (C=O) groups is 1. The van der Waals surface area contributed by atoms with Crippen LogP contribution in [-0.4, -0.2) is 26.2 Å². The van der Waals surface area contributed by atoms with E-state index in [1.807, 2.05) is 30.3 Å². The maximum atomic E-state index is 10.9. The van der Waals surface area contributed by atoms with E-state index in [2.05, 4.69) is 25.6 Å². The molecular weight excluding hydrogens is 412 g/mol. The van der Waals surface area contributed by atoms with Crippen molar-refractivity contribution in [3.63, 3.8) is 0 Å². The lowest BCUT2D eigenvalue weighted by atomic mass is 10.2. The molecule has 4 rings (SSSR count). The molecule has 2 N–H and O–H groups in total. The van der Waals surface area contributed by atoms with Crippen LogP contribution in [0, 0.1) is 10.1 Å².